The number of carbonyl (C=O) groups excluding carboxylic acids is 1. The topological polar surface area (TPSA) is 104 Å². The van der Waals surface area contributed by atoms with Crippen molar-refractivity contribution in [3.05, 3.63) is 120 Å². The number of ether oxygens (including phenoxy) is 1. The number of H-pyrrole nitrogens is 1. The highest BCUT2D eigenvalue weighted by atomic mass is 19.1. The van der Waals surface area contributed by atoms with E-state index in [1.54, 1.807) is 24.7 Å². The minimum absolute atomic E-state index is 0.0773. The van der Waals surface area contributed by atoms with E-state index in [1.165, 1.54) is 12.1 Å². The van der Waals surface area contributed by atoms with Crippen LogP contribution in [-0.2, 0) is 17.8 Å². The van der Waals surface area contributed by atoms with Crippen molar-refractivity contribution in [1.82, 2.24) is 25.6 Å². The number of carbonyl (C=O) groups is 1. The molecule has 0 radical (unpaired) electrons. The number of rotatable bonds is 11. The third kappa shape index (κ3) is 8.55. The molecule has 38 heavy (non-hydrogen) atoms. The van der Waals surface area contributed by atoms with Crippen molar-refractivity contribution in [3.8, 4) is 0 Å². The van der Waals surface area contributed by atoms with E-state index in [2.05, 4.69) is 30.6 Å². The number of aliphatic imine (C=N–C) groups is 1. The number of amides is 1. The first kappa shape index (κ1) is 26.5. The summed E-state index contributed by atoms with van der Waals surface area (Å²) in [6, 6.07) is 21.7. The van der Waals surface area contributed by atoms with Crippen LogP contribution in [0.3, 0.4) is 0 Å². The molecule has 8 nitrogen and oxygen atoms in total. The van der Waals surface area contributed by atoms with Gasteiger partial charge in [0.2, 0.25) is 5.96 Å². The van der Waals surface area contributed by atoms with Crippen LogP contribution in [0.1, 0.15) is 41.3 Å². The highest BCUT2D eigenvalue weighted by Gasteiger charge is 2.16. The average molecular weight is 515 g/mol. The molecule has 0 saturated heterocycles. The van der Waals surface area contributed by atoms with Crippen LogP contribution in [0, 0.1) is 5.82 Å². The molecule has 4 aromatic rings. The van der Waals surface area contributed by atoms with Gasteiger partial charge >= 0.3 is 6.09 Å². The molecule has 0 aliphatic rings. The predicted molar refractivity (Wildman–Crippen MR) is 144 cm³/mol. The lowest BCUT2D eigenvalue weighted by atomic mass is 9.92. The predicted octanol–water partition coefficient (Wildman–Crippen LogP) is 4.97. The number of alkyl carbamates (subject to hydrolysis) is 1. The molecule has 1 unspecified atom stereocenters. The van der Waals surface area contributed by atoms with Crippen molar-refractivity contribution in [1.29, 1.82) is 0 Å². The number of aromatic amines is 1. The first-order valence-corrected chi connectivity index (χ1v) is 12.6. The molecule has 2 aromatic heterocycles. The van der Waals surface area contributed by atoms with Crippen LogP contribution in [-0.4, -0.2) is 40.1 Å². The first-order chi connectivity index (χ1) is 18.7. The summed E-state index contributed by atoms with van der Waals surface area (Å²) in [5.41, 5.74) is 3.69. The summed E-state index contributed by atoms with van der Waals surface area (Å²) in [6.07, 6.45) is 6.87. The van der Waals surface area contributed by atoms with Gasteiger partial charge in [-0.1, -0.05) is 48.5 Å². The zero-order valence-electron chi connectivity index (χ0n) is 21.0. The second kappa shape index (κ2) is 14.3. The van der Waals surface area contributed by atoms with Crippen LogP contribution < -0.4 is 10.6 Å². The van der Waals surface area contributed by atoms with Gasteiger partial charge in [-0.3, -0.25) is 15.3 Å². The molecule has 0 bridgehead atoms. The number of hydrogen-bond donors (Lipinski definition) is 3. The molecule has 0 saturated carbocycles. The molecule has 4 rings (SSSR count). The Kier molecular flexibility index (Phi) is 9.96. The molecule has 196 valence electrons. The van der Waals surface area contributed by atoms with Gasteiger partial charge in [0, 0.05) is 37.1 Å². The molecular formula is C29H31FN6O2. The van der Waals surface area contributed by atoms with Crippen LogP contribution in [0.4, 0.5) is 9.18 Å². The lowest BCUT2D eigenvalue weighted by Crippen LogP contribution is -2.42. The van der Waals surface area contributed by atoms with Crippen molar-refractivity contribution in [3.63, 3.8) is 0 Å². The van der Waals surface area contributed by atoms with E-state index >= 15 is 0 Å². The molecule has 1 amide bonds. The number of halogens is 1. The van der Waals surface area contributed by atoms with E-state index in [0.29, 0.717) is 25.5 Å². The van der Waals surface area contributed by atoms with Gasteiger partial charge in [-0.15, -0.1) is 0 Å². The van der Waals surface area contributed by atoms with E-state index in [1.807, 2.05) is 54.7 Å². The van der Waals surface area contributed by atoms with Gasteiger partial charge in [-0.2, -0.15) is 0 Å². The van der Waals surface area contributed by atoms with Crippen molar-refractivity contribution in [2.75, 3.05) is 13.1 Å². The SMILES string of the molecule is O=C(NC(=NCCC(c1ccc(F)cc1)c1ccccn1)NCCCc1c[nH]cn1)OCc1ccccc1. The Hall–Kier alpha value is -4.53. The lowest BCUT2D eigenvalue weighted by molar-refractivity contribution is 0.145. The van der Waals surface area contributed by atoms with Gasteiger partial charge in [-0.25, -0.2) is 14.2 Å². The van der Waals surface area contributed by atoms with E-state index in [9.17, 15) is 9.18 Å². The van der Waals surface area contributed by atoms with Crippen molar-refractivity contribution in [2.45, 2.75) is 31.8 Å². The molecule has 0 spiro atoms. The van der Waals surface area contributed by atoms with Gasteiger partial charge in [0.15, 0.2) is 0 Å². The van der Waals surface area contributed by atoms with Gasteiger partial charge < -0.3 is 15.0 Å². The molecule has 0 fully saturated rings. The van der Waals surface area contributed by atoms with E-state index in [-0.39, 0.29) is 18.3 Å². The molecule has 9 heteroatoms. The largest absolute Gasteiger partial charge is 0.444 e. The Morgan fingerprint density at radius 1 is 1.03 bits per heavy atom. The maximum absolute atomic E-state index is 13.5. The fourth-order valence-corrected chi connectivity index (χ4v) is 3.97. The normalized spacial score (nSPS) is 12.1. The minimum atomic E-state index is -0.591. The monoisotopic (exact) mass is 514 g/mol. The summed E-state index contributed by atoms with van der Waals surface area (Å²) in [6.45, 7) is 1.15. The molecule has 2 aromatic carbocycles. The Labute approximate surface area is 221 Å². The second-order valence-electron chi connectivity index (χ2n) is 8.66. The fourth-order valence-electron chi connectivity index (χ4n) is 3.97. The first-order valence-electron chi connectivity index (χ1n) is 12.6. The lowest BCUT2D eigenvalue weighted by Gasteiger charge is -2.17. The smallest absolute Gasteiger partial charge is 0.414 e. The molecular weight excluding hydrogens is 483 g/mol. The van der Waals surface area contributed by atoms with Crippen molar-refractivity contribution >= 4 is 12.1 Å². The summed E-state index contributed by atoms with van der Waals surface area (Å²) in [7, 11) is 0. The van der Waals surface area contributed by atoms with Crippen LogP contribution in [0.15, 0.2) is 96.5 Å². The van der Waals surface area contributed by atoms with Crippen LogP contribution in [0.25, 0.3) is 0 Å². The van der Waals surface area contributed by atoms with Gasteiger partial charge in [0.25, 0.3) is 0 Å². The van der Waals surface area contributed by atoms with Gasteiger partial charge in [0.1, 0.15) is 12.4 Å². The Morgan fingerprint density at radius 2 is 1.84 bits per heavy atom. The van der Waals surface area contributed by atoms with Gasteiger partial charge in [-0.05, 0) is 54.7 Å². The Balaban J connectivity index is 1.39. The summed E-state index contributed by atoms with van der Waals surface area (Å²) in [5, 5.41) is 5.94. The second-order valence-corrected chi connectivity index (χ2v) is 8.66. The maximum atomic E-state index is 13.5. The summed E-state index contributed by atoms with van der Waals surface area (Å²) in [4.78, 5) is 28.8. The molecule has 0 aliphatic carbocycles. The molecule has 1 atom stereocenters. The third-order valence-electron chi connectivity index (χ3n) is 5.90. The van der Waals surface area contributed by atoms with E-state index in [4.69, 9.17) is 4.74 Å². The molecule has 3 N–H and O–H groups in total. The zero-order valence-corrected chi connectivity index (χ0v) is 21.0. The van der Waals surface area contributed by atoms with Gasteiger partial charge in [0.05, 0.1) is 12.0 Å². The number of aromatic nitrogens is 3. The Bertz CT molecular complexity index is 1270. The summed E-state index contributed by atoms with van der Waals surface area (Å²) in [5.74, 6) is -0.0263. The molecule has 0 aliphatic heterocycles. The number of hydrogen-bond acceptors (Lipinski definition) is 5. The average Bonchev–Trinajstić information content (AvgIpc) is 3.47. The fraction of sp³-hybridized carbons (Fsp3) is 0.241. The third-order valence-corrected chi connectivity index (χ3v) is 5.90. The number of imidazole rings is 1. The molecule has 2 heterocycles. The maximum Gasteiger partial charge on any atom is 0.414 e. The highest BCUT2D eigenvalue weighted by molar-refractivity contribution is 5.93. The van der Waals surface area contributed by atoms with Crippen LogP contribution in [0.5, 0.6) is 0 Å². The zero-order chi connectivity index (χ0) is 26.4. The number of nitrogens with zero attached hydrogens (tertiary/aromatic N) is 3. The number of nitrogens with one attached hydrogen (secondary N) is 3. The van der Waals surface area contributed by atoms with Crippen molar-refractivity contribution in [2.24, 2.45) is 4.99 Å². The van der Waals surface area contributed by atoms with Crippen LogP contribution in [0.2, 0.25) is 0 Å². The number of guanidine groups is 1. The van der Waals surface area contributed by atoms with E-state index in [0.717, 1.165) is 35.4 Å². The highest BCUT2D eigenvalue weighted by Crippen LogP contribution is 2.26. The standard InChI is InChI=1S/C29H31FN6O2/c30-24-13-11-23(12-14-24)26(27-10-4-5-16-32-27)15-18-34-28(33-17-6-9-25-19-31-21-35-25)36-29(37)38-20-22-7-2-1-3-8-22/h1-5,7-8,10-14,16,19,21,26H,6,9,15,17-18,20H2,(H,31,35)(H2,33,34,36,37). The number of pyridine rings is 1. The number of benzene rings is 2. The number of aryl methyl sites for hydroxylation is 1. The summed E-state index contributed by atoms with van der Waals surface area (Å²) < 4.78 is 18.9. The van der Waals surface area contributed by atoms with Crippen LogP contribution >= 0.6 is 0 Å². The Morgan fingerprint density at radius 3 is 2.58 bits per heavy atom. The quantitative estimate of drug-likeness (QED) is 0.149. The van der Waals surface area contributed by atoms with E-state index < -0.39 is 6.09 Å². The minimum Gasteiger partial charge on any atom is -0.444 e. The summed E-state index contributed by atoms with van der Waals surface area (Å²) >= 11 is 0. The van der Waals surface area contributed by atoms with Crippen molar-refractivity contribution < 1.29 is 13.9 Å².